The van der Waals surface area contributed by atoms with Crippen molar-refractivity contribution >= 4 is 39.0 Å². The number of carbonyl (C=O) groups is 1. The highest BCUT2D eigenvalue weighted by atomic mass is 35.5. The van der Waals surface area contributed by atoms with Crippen LogP contribution >= 0.6 is 23.2 Å². The quantitative estimate of drug-likeness (QED) is 0.787. The number of sulfonamides is 1. The summed E-state index contributed by atoms with van der Waals surface area (Å²) in [6, 6.07) is 10.9. The smallest absolute Gasteiger partial charge is 0.240 e. The largest absolute Gasteiger partial charge is 0.295 e. The number of rotatable bonds is 6. The first-order chi connectivity index (χ1) is 10.8. The van der Waals surface area contributed by atoms with Gasteiger partial charge < -0.3 is 0 Å². The molecular formula is C16H15Cl2NO3S. The summed E-state index contributed by atoms with van der Waals surface area (Å²) in [4.78, 5) is 11.3. The lowest BCUT2D eigenvalue weighted by Gasteiger charge is -2.08. The minimum Gasteiger partial charge on any atom is -0.295 e. The van der Waals surface area contributed by atoms with Crippen molar-refractivity contribution in [3.05, 3.63) is 63.6 Å². The fourth-order valence-corrected chi connectivity index (χ4v) is 3.53. The number of benzene rings is 2. The van der Waals surface area contributed by atoms with Gasteiger partial charge in [0.05, 0.1) is 4.90 Å². The SMILES string of the molecule is CC(=O)c1ccc(S(=O)(=O)NCCc2ccc(Cl)cc2Cl)cc1. The standard InChI is InChI=1S/C16H15Cl2NO3S/c1-11(20)12-3-6-15(7-4-12)23(21,22)19-9-8-13-2-5-14(17)10-16(13)18/h2-7,10,19H,8-9H2,1H3. The van der Waals surface area contributed by atoms with Crippen molar-refractivity contribution < 1.29 is 13.2 Å². The predicted molar refractivity (Wildman–Crippen MR) is 91.8 cm³/mol. The topological polar surface area (TPSA) is 63.2 Å². The molecule has 2 aromatic rings. The molecule has 0 atom stereocenters. The van der Waals surface area contributed by atoms with E-state index < -0.39 is 10.0 Å². The summed E-state index contributed by atoms with van der Waals surface area (Å²) in [7, 11) is -3.62. The first kappa shape index (κ1) is 17.9. The molecule has 122 valence electrons. The third-order valence-electron chi connectivity index (χ3n) is 3.27. The molecule has 0 fully saturated rings. The van der Waals surface area contributed by atoms with Crippen molar-refractivity contribution in [3.8, 4) is 0 Å². The van der Waals surface area contributed by atoms with Crippen molar-refractivity contribution in [2.24, 2.45) is 0 Å². The zero-order valence-electron chi connectivity index (χ0n) is 12.3. The van der Waals surface area contributed by atoms with Crippen LogP contribution in [0.1, 0.15) is 22.8 Å². The van der Waals surface area contributed by atoms with Gasteiger partial charge in [-0.1, -0.05) is 41.4 Å². The summed E-state index contributed by atoms with van der Waals surface area (Å²) in [5.41, 5.74) is 1.28. The third kappa shape index (κ3) is 4.78. The maximum atomic E-state index is 12.2. The van der Waals surface area contributed by atoms with Gasteiger partial charge in [-0.25, -0.2) is 13.1 Å². The van der Waals surface area contributed by atoms with Crippen LogP contribution in [0.4, 0.5) is 0 Å². The highest BCUT2D eigenvalue weighted by molar-refractivity contribution is 7.89. The molecule has 0 saturated carbocycles. The third-order valence-corrected chi connectivity index (χ3v) is 5.34. The summed E-state index contributed by atoms with van der Waals surface area (Å²) in [6.07, 6.45) is 0.445. The van der Waals surface area contributed by atoms with Gasteiger partial charge >= 0.3 is 0 Å². The Hall–Kier alpha value is -1.40. The Morgan fingerprint density at radius 1 is 1.09 bits per heavy atom. The number of nitrogens with one attached hydrogen (secondary N) is 1. The Morgan fingerprint density at radius 3 is 2.30 bits per heavy atom. The molecule has 0 unspecified atom stereocenters. The van der Waals surface area contributed by atoms with E-state index in [4.69, 9.17) is 23.2 Å². The van der Waals surface area contributed by atoms with Crippen LogP contribution in [0, 0.1) is 0 Å². The molecule has 1 N–H and O–H groups in total. The van der Waals surface area contributed by atoms with Gasteiger partial charge in [0.15, 0.2) is 5.78 Å². The number of hydrogen-bond acceptors (Lipinski definition) is 3. The molecule has 0 aliphatic carbocycles. The zero-order valence-corrected chi connectivity index (χ0v) is 14.7. The fraction of sp³-hybridized carbons (Fsp3) is 0.188. The van der Waals surface area contributed by atoms with Crippen molar-refractivity contribution in [2.45, 2.75) is 18.2 Å². The molecule has 2 rings (SSSR count). The van der Waals surface area contributed by atoms with E-state index >= 15 is 0 Å². The van der Waals surface area contributed by atoms with E-state index in [1.807, 2.05) is 0 Å². The molecule has 0 spiro atoms. The van der Waals surface area contributed by atoms with E-state index in [1.54, 1.807) is 18.2 Å². The van der Waals surface area contributed by atoms with E-state index in [9.17, 15) is 13.2 Å². The average molecular weight is 372 g/mol. The van der Waals surface area contributed by atoms with Gasteiger partial charge in [-0.3, -0.25) is 4.79 Å². The van der Waals surface area contributed by atoms with Gasteiger partial charge in [-0.2, -0.15) is 0 Å². The molecule has 0 aliphatic rings. The van der Waals surface area contributed by atoms with Crippen LogP contribution in [-0.4, -0.2) is 20.7 Å². The van der Waals surface area contributed by atoms with Crippen LogP contribution in [0.5, 0.6) is 0 Å². The molecule has 0 radical (unpaired) electrons. The normalized spacial score (nSPS) is 11.4. The summed E-state index contributed by atoms with van der Waals surface area (Å²) in [6.45, 7) is 1.63. The van der Waals surface area contributed by atoms with Gasteiger partial charge in [0.1, 0.15) is 0 Å². The van der Waals surface area contributed by atoms with Gasteiger partial charge in [0.25, 0.3) is 0 Å². The Kier molecular flexibility index (Phi) is 5.81. The lowest BCUT2D eigenvalue weighted by molar-refractivity contribution is 0.101. The Bertz CT molecular complexity index is 818. The van der Waals surface area contributed by atoms with Crippen LogP contribution in [-0.2, 0) is 16.4 Å². The number of Topliss-reactive ketones (excluding diaryl/α,β-unsaturated/α-hetero) is 1. The number of ketones is 1. The van der Waals surface area contributed by atoms with E-state index in [0.717, 1.165) is 5.56 Å². The average Bonchev–Trinajstić information content (AvgIpc) is 2.49. The molecule has 0 amide bonds. The van der Waals surface area contributed by atoms with Crippen LogP contribution in [0.2, 0.25) is 10.0 Å². The summed E-state index contributed by atoms with van der Waals surface area (Å²) < 4.78 is 26.9. The number of carbonyl (C=O) groups excluding carboxylic acids is 1. The predicted octanol–water partition coefficient (Wildman–Crippen LogP) is 3.72. The second kappa shape index (κ2) is 7.45. The molecule has 0 bridgehead atoms. The van der Waals surface area contributed by atoms with Crippen molar-refractivity contribution in [2.75, 3.05) is 6.54 Å². The highest BCUT2D eigenvalue weighted by Crippen LogP contribution is 2.21. The molecule has 0 saturated heterocycles. The van der Waals surface area contributed by atoms with E-state index in [0.29, 0.717) is 22.0 Å². The van der Waals surface area contributed by atoms with Crippen LogP contribution < -0.4 is 4.72 Å². The van der Waals surface area contributed by atoms with Crippen molar-refractivity contribution in [1.29, 1.82) is 0 Å². The van der Waals surface area contributed by atoms with Gasteiger partial charge in [0, 0.05) is 22.2 Å². The molecule has 2 aromatic carbocycles. The maximum absolute atomic E-state index is 12.2. The monoisotopic (exact) mass is 371 g/mol. The van der Waals surface area contributed by atoms with Crippen LogP contribution in [0.3, 0.4) is 0 Å². The molecule has 0 aliphatic heterocycles. The second-order valence-electron chi connectivity index (χ2n) is 4.96. The van der Waals surface area contributed by atoms with Gasteiger partial charge in [-0.15, -0.1) is 0 Å². The summed E-state index contributed by atoms with van der Waals surface area (Å²) in [5, 5.41) is 1.03. The zero-order chi connectivity index (χ0) is 17.0. The van der Waals surface area contributed by atoms with E-state index in [2.05, 4.69) is 4.72 Å². The molecule has 0 heterocycles. The minimum absolute atomic E-state index is 0.112. The van der Waals surface area contributed by atoms with Gasteiger partial charge in [0.2, 0.25) is 10.0 Å². The lowest BCUT2D eigenvalue weighted by Crippen LogP contribution is -2.26. The Labute approximate surface area is 145 Å². The fourth-order valence-electron chi connectivity index (χ4n) is 2.00. The van der Waals surface area contributed by atoms with Crippen LogP contribution in [0.15, 0.2) is 47.4 Å². The van der Waals surface area contributed by atoms with E-state index in [-0.39, 0.29) is 17.2 Å². The van der Waals surface area contributed by atoms with Gasteiger partial charge in [-0.05, 0) is 43.2 Å². The minimum atomic E-state index is -3.62. The number of halogens is 2. The van der Waals surface area contributed by atoms with E-state index in [1.165, 1.54) is 31.2 Å². The van der Waals surface area contributed by atoms with Crippen molar-refractivity contribution in [1.82, 2.24) is 4.72 Å². The molecule has 0 aromatic heterocycles. The molecule has 7 heteroatoms. The summed E-state index contributed by atoms with van der Waals surface area (Å²) >= 11 is 11.9. The lowest BCUT2D eigenvalue weighted by atomic mass is 10.1. The Balaban J connectivity index is 2.02. The first-order valence-corrected chi connectivity index (χ1v) is 9.08. The van der Waals surface area contributed by atoms with Crippen molar-refractivity contribution in [3.63, 3.8) is 0 Å². The Morgan fingerprint density at radius 2 is 1.74 bits per heavy atom. The molecular weight excluding hydrogens is 357 g/mol. The van der Waals surface area contributed by atoms with Crippen LogP contribution in [0.25, 0.3) is 0 Å². The highest BCUT2D eigenvalue weighted by Gasteiger charge is 2.14. The second-order valence-corrected chi connectivity index (χ2v) is 7.57. The molecule has 4 nitrogen and oxygen atoms in total. The number of hydrogen-bond donors (Lipinski definition) is 1. The first-order valence-electron chi connectivity index (χ1n) is 6.84. The summed E-state index contributed by atoms with van der Waals surface area (Å²) in [5.74, 6) is -0.112. The maximum Gasteiger partial charge on any atom is 0.240 e. The molecule has 23 heavy (non-hydrogen) atoms.